The lowest BCUT2D eigenvalue weighted by atomic mass is 10.4. The Hall–Kier alpha value is -0.610. The number of carbonyl (C=O) groups excluding carboxylic acids is 1. The van der Waals surface area contributed by atoms with Gasteiger partial charge in [-0.3, -0.25) is 4.79 Å². The summed E-state index contributed by atoms with van der Waals surface area (Å²) in [6.45, 7) is 1.76. The van der Waals surface area contributed by atoms with Crippen molar-refractivity contribution in [3.63, 3.8) is 0 Å². The summed E-state index contributed by atoms with van der Waals surface area (Å²) < 4.78 is 0. The van der Waals surface area contributed by atoms with Crippen molar-refractivity contribution in [3.8, 4) is 0 Å². The third-order valence-corrected chi connectivity index (χ3v) is 1.05. The zero-order valence-electron chi connectivity index (χ0n) is 9.89. The number of hydrogen-bond acceptors (Lipinski definition) is 8. The average molecular weight is 258 g/mol. The molecular formula is C9H22O8. The van der Waals surface area contributed by atoms with E-state index in [-0.39, 0.29) is 19.8 Å². The fourth-order valence-corrected chi connectivity index (χ4v) is 0.0577. The quantitative estimate of drug-likeness (QED) is 0.257. The first-order chi connectivity index (χ1) is 7.72. The molecule has 0 amide bonds. The van der Waals surface area contributed by atoms with Gasteiger partial charge in [-0.2, -0.15) is 0 Å². The van der Waals surface area contributed by atoms with Crippen LogP contribution >= 0.6 is 0 Å². The molecule has 0 aromatic heterocycles. The molecule has 17 heavy (non-hydrogen) atoms. The van der Waals surface area contributed by atoms with E-state index in [0.29, 0.717) is 0 Å². The van der Waals surface area contributed by atoms with E-state index in [0.717, 1.165) is 6.92 Å². The minimum Gasteiger partial charge on any atom is -0.394 e. The Kier molecular flexibility index (Phi) is 19.6. The van der Waals surface area contributed by atoms with Crippen molar-refractivity contribution in [3.05, 3.63) is 0 Å². The SMILES string of the molecule is CC(=O)C(O)O.CC(O)CO.OCC(O)CO. The molecule has 0 heterocycles. The highest BCUT2D eigenvalue weighted by Crippen LogP contribution is 1.72. The summed E-state index contributed by atoms with van der Waals surface area (Å²) in [5.74, 6) is -0.630. The van der Waals surface area contributed by atoms with E-state index in [4.69, 9.17) is 35.7 Å². The van der Waals surface area contributed by atoms with Crippen molar-refractivity contribution < 1.29 is 40.5 Å². The molecule has 0 radical (unpaired) electrons. The van der Waals surface area contributed by atoms with Gasteiger partial charge in [0.05, 0.1) is 25.9 Å². The maximum atomic E-state index is 9.64. The fourth-order valence-electron chi connectivity index (χ4n) is 0.0577. The van der Waals surface area contributed by atoms with Crippen LogP contribution < -0.4 is 0 Å². The Morgan fingerprint density at radius 2 is 1.18 bits per heavy atom. The zero-order valence-corrected chi connectivity index (χ0v) is 9.89. The number of carbonyl (C=O) groups is 1. The highest BCUT2D eigenvalue weighted by molar-refractivity contribution is 5.78. The summed E-state index contributed by atoms with van der Waals surface area (Å²) in [5.41, 5.74) is 0. The molecule has 0 aliphatic rings. The Morgan fingerprint density at radius 1 is 0.941 bits per heavy atom. The van der Waals surface area contributed by atoms with Crippen molar-refractivity contribution in [2.24, 2.45) is 0 Å². The molecule has 0 bridgehead atoms. The van der Waals surface area contributed by atoms with Gasteiger partial charge in [0.1, 0.15) is 6.10 Å². The zero-order chi connectivity index (χ0) is 14.4. The minimum absolute atomic E-state index is 0.139. The summed E-state index contributed by atoms with van der Waals surface area (Å²) in [6.07, 6.45) is -3.30. The number of aliphatic hydroxyl groups is 7. The van der Waals surface area contributed by atoms with E-state index in [2.05, 4.69) is 0 Å². The largest absolute Gasteiger partial charge is 0.394 e. The molecule has 106 valence electrons. The van der Waals surface area contributed by atoms with Crippen LogP contribution in [0.15, 0.2) is 0 Å². The first-order valence-corrected chi connectivity index (χ1v) is 4.78. The topological polar surface area (TPSA) is 159 Å². The van der Waals surface area contributed by atoms with Gasteiger partial charge in [-0.1, -0.05) is 0 Å². The molecule has 8 heteroatoms. The molecule has 1 unspecified atom stereocenters. The van der Waals surface area contributed by atoms with Gasteiger partial charge in [0.25, 0.3) is 0 Å². The van der Waals surface area contributed by atoms with Gasteiger partial charge in [-0.25, -0.2) is 0 Å². The summed E-state index contributed by atoms with van der Waals surface area (Å²) in [6, 6.07) is 0. The van der Waals surface area contributed by atoms with Gasteiger partial charge in [0.2, 0.25) is 6.29 Å². The molecule has 0 fully saturated rings. The number of hydrogen-bond donors (Lipinski definition) is 7. The van der Waals surface area contributed by atoms with Gasteiger partial charge < -0.3 is 35.7 Å². The van der Waals surface area contributed by atoms with Crippen molar-refractivity contribution in [1.29, 1.82) is 0 Å². The first kappa shape index (κ1) is 21.7. The van der Waals surface area contributed by atoms with Gasteiger partial charge in [-0.15, -0.1) is 0 Å². The lowest BCUT2D eigenvalue weighted by Gasteiger charge is -1.96. The molecule has 0 aromatic carbocycles. The van der Waals surface area contributed by atoms with Crippen LogP contribution in [0.4, 0.5) is 0 Å². The normalized spacial score (nSPS) is 11.2. The predicted octanol–water partition coefficient (Wildman–Crippen LogP) is -3.42. The maximum absolute atomic E-state index is 9.64. The van der Waals surface area contributed by atoms with Crippen LogP contribution in [-0.4, -0.2) is 79.8 Å². The highest BCUT2D eigenvalue weighted by atomic mass is 16.5. The molecule has 1 atom stereocenters. The maximum Gasteiger partial charge on any atom is 0.212 e. The van der Waals surface area contributed by atoms with E-state index in [1.165, 1.54) is 6.92 Å². The third-order valence-electron chi connectivity index (χ3n) is 1.05. The van der Waals surface area contributed by atoms with Crippen LogP contribution in [0.2, 0.25) is 0 Å². The van der Waals surface area contributed by atoms with E-state index < -0.39 is 24.3 Å². The van der Waals surface area contributed by atoms with Crippen molar-refractivity contribution >= 4 is 5.78 Å². The van der Waals surface area contributed by atoms with E-state index in [1.54, 1.807) is 0 Å². The lowest BCUT2D eigenvalue weighted by Crippen LogP contribution is -2.15. The van der Waals surface area contributed by atoms with Crippen molar-refractivity contribution in [1.82, 2.24) is 0 Å². The number of Topliss-reactive ketones (excluding diaryl/α,β-unsaturated/α-hetero) is 1. The van der Waals surface area contributed by atoms with Crippen LogP contribution in [0.25, 0.3) is 0 Å². The first-order valence-electron chi connectivity index (χ1n) is 4.78. The molecule has 7 N–H and O–H groups in total. The highest BCUT2D eigenvalue weighted by Gasteiger charge is 1.99. The number of ketones is 1. The van der Waals surface area contributed by atoms with Crippen LogP contribution in [0.3, 0.4) is 0 Å². The van der Waals surface area contributed by atoms with Crippen LogP contribution in [-0.2, 0) is 4.79 Å². The van der Waals surface area contributed by atoms with Gasteiger partial charge >= 0.3 is 0 Å². The monoisotopic (exact) mass is 258 g/mol. The molecule has 0 saturated carbocycles. The fraction of sp³-hybridized carbons (Fsp3) is 0.889. The van der Waals surface area contributed by atoms with Gasteiger partial charge in [-0.05, 0) is 13.8 Å². The standard InChI is InChI=1S/C3H8O3.C3H6O3.C3H8O2/c4-1-3(6)2-5;1-2(4)3(5)6;1-3(5)2-4/h3-6H,1-2H2;3,5-6H,1H3;3-5H,2H2,1H3. The minimum atomic E-state index is -1.79. The summed E-state index contributed by atoms with van der Waals surface area (Å²) in [7, 11) is 0. The van der Waals surface area contributed by atoms with Crippen molar-refractivity contribution in [2.45, 2.75) is 32.3 Å². The summed E-state index contributed by atoms with van der Waals surface area (Å²) in [4.78, 5) is 9.64. The van der Waals surface area contributed by atoms with Gasteiger partial charge in [0.15, 0.2) is 5.78 Å². The molecule has 8 nitrogen and oxygen atoms in total. The van der Waals surface area contributed by atoms with Gasteiger partial charge in [0, 0.05) is 0 Å². The molecule has 0 aliphatic heterocycles. The second kappa shape index (κ2) is 15.4. The van der Waals surface area contributed by atoms with Crippen LogP contribution in [0, 0.1) is 0 Å². The molecule has 0 saturated heterocycles. The Bertz CT molecular complexity index is 155. The second-order valence-electron chi connectivity index (χ2n) is 3.03. The molecule has 0 aromatic rings. The van der Waals surface area contributed by atoms with E-state index >= 15 is 0 Å². The lowest BCUT2D eigenvalue weighted by molar-refractivity contribution is -0.142. The predicted molar refractivity (Wildman–Crippen MR) is 57.9 cm³/mol. The van der Waals surface area contributed by atoms with Crippen LogP contribution in [0.1, 0.15) is 13.8 Å². The second-order valence-corrected chi connectivity index (χ2v) is 3.03. The summed E-state index contributed by atoms with van der Waals surface area (Å²) in [5, 5.41) is 55.7. The Labute approximate surface area is 99.4 Å². The molecular weight excluding hydrogens is 236 g/mol. The van der Waals surface area contributed by atoms with Crippen LogP contribution in [0.5, 0.6) is 0 Å². The Morgan fingerprint density at radius 3 is 1.18 bits per heavy atom. The number of aliphatic hydroxyl groups excluding tert-OH is 6. The molecule has 0 aliphatic carbocycles. The van der Waals surface area contributed by atoms with Crippen molar-refractivity contribution in [2.75, 3.05) is 19.8 Å². The smallest absolute Gasteiger partial charge is 0.212 e. The Balaban J connectivity index is -0.000000174. The molecule has 0 spiro atoms. The average Bonchev–Trinajstić information content (AvgIpc) is 2.29. The summed E-state index contributed by atoms with van der Waals surface area (Å²) >= 11 is 0. The molecule has 0 rings (SSSR count). The third kappa shape index (κ3) is 31.3. The number of rotatable bonds is 4. The van der Waals surface area contributed by atoms with E-state index in [9.17, 15) is 4.79 Å². The van der Waals surface area contributed by atoms with E-state index in [1.807, 2.05) is 0 Å².